The standard InChI is InChI=1S/C26H34O5/c1-6-7-8-9-16-29-24-22-14-13-21(28-5)18-23(22)31-26(27)25(24)30-17-15-20(4)12-10-11-19(2)3/h7-8,11,13-15,18H,6,9-10,12,16-17H2,1-5H3. The maximum atomic E-state index is 12.7. The van der Waals surface area contributed by atoms with Gasteiger partial charge in [0.25, 0.3) is 0 Å². The van der Waals surface area contributed by atoms with E-state index in [0.29, 0.717) is 29.1 Å². The number of benzene rings is 1. The molecule has 2 rings (SSSR count). The van der Waals surface area contributed by atoms with E-state index in [1.54, 1.807) is 13.2 Å². The molecule has 0 aliphatic rings. The second-order valence-electron chi connectivity index (χ2n) is 7.61. The lowest BCUT2D eigenvalue weighted by Gasteiger charge is -2.13. The van der Waals surface area contributed by atoms with Crippen LogP contribution in [0.15, 0.2) is 62.9 Å². The molecule has 5 nitrogen and oxygen atoms in total. The van der Waals surface area contributed by atoms with Gasteiger partial charge in [-0.2, -0.15) is 0 Å². The molecule has 31 heavy (non-hydrogen) atoms. The lowest BCUT2D eigenvalue weighted by atomic mass is 10.1. The quantitative estimate of drug-likeness (QED) is 0.217. The molecule has 0 bridgehead atoms. The van der Waals surface area contributed by atoms with Crippen molar-refractivity contribution in [3.05, 3.63) is 64.1 Å². The first kappa shape index (κ1) is 24.3. The molecule has 168 valence electrons. The van der Waals surface area contributed by atoms with Crippen LogP contribution in [0.3, 0.4) is 0 Å². The zero-order valence-electron chi connectivity index (χ0n) is 19.3. The third-order valence-corrected chi connectivity index (χ3v) is 4.71. The van der Waals surface area contributed by atoms with Gasteiger partial charge in [0.05, 0.1) is 19.1 Å². The number of rotatable bonds is 12. The van der Waals surface area contributed by atoms with Crippen LogP contribution < -0.4 is 19.8 Å². The summed E-state index contributed by atoms with van der Waals surface area (Å²) in [7, 11) is 1.57. The van der Waals surface area contributed by atoms with Gasteiger partial charge in [-0.25, -0.2) is 4.79 Å². The van der Waals surface area contributed by atoms with Crippen molar-refractivity contribution in [3.63, 3.8) is 0 Å². The molecule has 0 unspecified atom stereocenters. The molecule has 1 heterocycles. The Morgan fingerprint density at radius 2 is 1.84 bits per heavy atom. The van der Waals surface area contributed by atoms with Gasteiger partial charge >= 0.3 is 5.63 Å². The highest BCUT2D eigenvalue weighted by molar-refractivity contribution is 5.86. The van der Waals surface area contributed by atoms with Gasteiger partial charge in [-0.15, -0.1) is 0 Å². The molecule has 0 aliphatic heterocycles. The van der Waals surface area contributed by atoms with Crippen LogP contribution in [0.4, 0.5) is 0 Å². The summed E-state index contributed by atoms with van der Waals surface area (Å²) in [4.78, 5) is 12.7. The molecular weight excluding hydrogens is 392 g/mol. The highest BCUT2D eigenvalue weighted by Gasteiger charge is 2.18. The Labute approximate surface area is 185 Å². The summed E-state index contributed by atoms with van der Waals surface area (Å²) in [5, 5.41) is 0.680. The third-order valence-electron chi connectivity index (χ3n) is 4.71. The molecule has 0 fully saturated rings. The third kappa shape index (κ3) is 7.67. The molecule has 1 aromatic heterocycles. The summed E-state index contributed by atoms with van der Waals surface area (Å²) >= 11 is 0. The molecule has 0 amide bonds. The van der Waals surface area contributed by atoms with E-state index >= 15 is 0 Å². The van der Waals surface area contributed by atoms with Crippen LogP contribution in [0, 0.1) is 0 Å². The van der Waals surface area contributed by atoms with Crippen molar-refractivity contribution in [2.75, 3.05) is 20.3 Å². The zero-order valence-corrected chi connectivity index (χ0v) is 19.3. The number of methoxy groups -OCH3 is 1. The summed E-state index contributed by atoms with van der Waals surface area (Å²) in [6.07, 6.45) is 12.0. The van der Waals surface area contributed by atoms with Crippen LogP contribution in [0.25, 0.3) is 11.0 Å². The number of fused-ring (bicyclic) bond motifs is 1. The molecule has 0 saturated carbocycles. The highest BCUT2D eigenvalue weighted by Crippen LogP contribution is 2.34. The van der Waals surface area contributed by atoms with E-state index in [-0.39, 0.29) is 12.4 Å². The maximum absolute atomic E-state index is 12.7. The SMILES string of the molecule is CCC=CCCOc1c(OCC=C(C)CCC=C(C)C)c(=O)oc2cc(OC)ccc12. The van der Waals surface area contributed by atoms with E-state index < -0.39 is 5.63 Å². The van der Waals surface area contributed by atoms with Crippen LogP contribution in [0.1, 0.15) is 53.4 Å². The summed E-state index contributed by atoms with van der Waals surface area (Å²) in [6, 6.07) is 5.31. The van der Waals surface area contributed by atoms with Crippen molar-refractivity contribution >= 4 is 11.0 Å². The molecule has 0 spiro atoms. The minimum Gasteiger partial charge on any atom is -0.497 e. The number of ether oxygens (including phenoxy) is 3. The first-order valence-electron chi connectivity index (χ1n) is 10.8. The van der Waals surface area contributed by atoms with Crippen molar-refractivity contribution < 1.29 is 18.6 Å². The van der Waals surface area contributed by atoms with Gasteiger partial charge in [0.2, 0.25) is 5.75 Å². The number of hydrogen-bond donors (Lipinski definition) is 0. The summed E-state index contributed by atoms with van der Waals surface area (Å²) in [5.41, 5.74) is 2.37. The van der Waals surface area contributed by atoms with Crippen LogP contribution in [0.5, 0.6) is 17.2 Å². The minimum atomic E-state index is -0.560. The Bertz CT molecular complexity index is 991. The molecule has 0 aliphatic carbocycles. The highest BCUT2D eigenvalue weighted by atomic mass is 16.5. The van der Waals surface area contributed by atoms with Gasteiger partial charge in [-0.1, -0.05) is 36.3 Å². The maximum Gasteiger partial charge on any atom is 0.383 e. The van der Waals surface area contributed by atoms with E-state index in [1.165, 1.54) is 11.1 Å². The second-order valence-corrected chi connectivity index (χ2v) is 7.61. The molecule has 1 aromatic carbocycles. The van der Waals surface area contributed by atoms with Crippen molar-refractivity contribution in [1.29, 1.82) is 0 Å². The van der Waals surface area contributed by atoms with Crippen LogP contribution in [0.2, 0.25) is 0 Å². The van der Waals surface area contributed by atoms with Crippen molar-refractivity contribution in [2.45, 2.75) is 53.4 Å². The smallest absolute Gasteiger partial charge is 0.383 e. The van der Waals surface area contributed by atoms with E-state index in [9.17, 15) is 4.79 Å². The predicted molar refractivity (Wildman–Crippen MR) is 126 cm³/mol. The van der Waals surface area contributed by atoms with Crippen LogP contribution in [-0.2, 0) is 0 Å². The predicted octanol–water partition coefficient (Wildman–Crippen LogP) is 6.61. The van der Waals surface area contributed by atoms with E-state index in [0.717, 1.165) is 25.7 Å². The van der Waals surface area contributed by atoms with Gasteiger partial charge in [0, 0.05) is 6.07 Å². The van der Waals surface area contributed by atoms with Crippen molar-refractivity contribution in [2.24, 2.45) is 0 Å². The van der Waals surface area contributed by atoms with E-state index in [2.05, 4.69) is 45.9 Å². The van der Waals surface area contributed by atoms with Gasteiger partial charge in [-0.05, 0) is 64.7 Å². The lowest BCUT2D eigenvalue weighted by Crippen LogP contribution is -2.11. The lowest BCUT2D eigenvalue weighted by molar-refractivity contribution is 0.279. The average Bonchev–Trinajstić information content (AvgIpc) is 2.74. The molecule has 2 aromatic rings. The first-order chi connectivity index (χ1) is 15.0. The van der Waals surface area contributed by atoms with Gasteiger partial charge in [-0.3, -0.25) is 0 Å². The average molecular weight is 427 g/mol. The van der Waals surface area contributed by atoms with Crippen LogP contribution in [-0.4, -0.2) is 20.3 Å². The van der Waals surface area contributed by atoms with E-state index in [1.807, 2.05) is 18.2 Å². The zero-order chi connectivity index (χ0) is 22.6. The Balaban J connectivity index is 2.25. The van der Waals surface area contributed by atoms with Crippen molar-refractivity contribution in [3.8, 4) is 17.2 Å². The summed E-state index contributed by atoms with van der Waals surface area (Å²) in [6.45, 7) is 9.05. The van der Waals surface area contributed by atoms with Gasteiger partial charge < -0.3 is 18.6 Å². The Kier molecular flexibility index (Phi) is 9.95. The molecule has 0 saturated heterocycles. The van der Waals surface area contributed by atoms with Crippen LogP contribution >= 0.6 is 0 Å². The Morgan fingerprint density at radius 1 is 1.03 bits per heavy atom. The van der Waals surface area contributed by atoms with Gasteiger partial charge in [0.1, 0.15) is 17.9 Å². The molecule has 0 radical (unpaired) electrons. The summed E-state index contributed by atoms with van der Waals surface area (Å²) < 4.78 is 22.6. The van der Waals surface area contributed by atoms with E-state index in [4.69, 9.17) is 18.6 Å². The normalized spacial score (nSPS) is 11.7. The fourth-order valence-electron chi connectivity index (χ4n) is 3.00. The molecular formula is C26H34O5. The molecule has 0 atom stereocenters. The Morgan fingerprint density at radius 3 is 2.55 bits per heavy atom. The first-order valence-corrected chi connectivity index (χ1v) is 10.8. The van der Waals surface area contributed by atoms with Crippen molar-refractivity contribution in [1.82, 2.24) is 0 Å². The molecule has 0 N–H and O–H groups in total. The largest absolute Gasteiger partial charge is 0.497 e. The monoisotopic (exact) mass is 426 g/mol. The number of hydrogen-bond acceptors (Lipinski definition) is 5. The molecule has 5 heteroatoms. The fourth-order valence-corrected chi connectivity index (χ4v) is 3.00. The Hall–Kier alpha value is -2.95. The fraction of sp³-hybridized carbons (Fsp3) is 0.423. The summed E-state index contributed by atoms with van der Waals surface area (Å²) in [5.74, 6) is 1.12. The number of allylic oxidation sites excluding steroid dienone is 4. The second kappa shape index (κ2) is 12.7. The minimum absolute atomic E-state index is 0.102. The van der Waals surface area contributed by atoms with Gasteiger partial charge in [0.15, 0.2) is 5.75 Å². The topological polar surface area (TPSA) is 57.9 Å².